The third kappa shape index (κ3) is 2.77. The van der Waals surface area contributed by atoms with Crippen LogP contribution in [0.1, 0.15) is 23.3 Å². The molecule has 1 aromatic carbocycles. The average molecular weight is 278 g/mol. The molecule has 0 radical (unpaired) electrons. The molecule has 0 saturated heterocycles. The predicted molar refractivity (Wildman–Crippen MR) is 79.4 cm³/mol. The Morgan fingerprint density at radius 1 is 1.28 bits per heavy atom. The maximum Gasteiger partial charge on any atom is 0.0409 e. The number of benzene rings is 1. The van der Waals surface area contributed by atoms with Crippen molar-refractivity contribution in [2.45, 2.75) is 32.4 Å². The summed E-state index contributed by atoms with van der Waals surface area (Å²) in [7, 11) is 0. The van der Waals surface area contributed by atoms with Crippen molar-refractivity contribution in [3.63, 3.8) is 0 Å². The molecule has 0 unspecified atom stereocenters. The van der Waals surface area contributed by atoms with E-state index < -0.39 is 0 Å². The second-order valence-electron chi connectivity index (χ2n) is 4.88. The molecule has 1 fully saturated rings. The number of nitrogens with one attached hydrogen (secondary N) is 1. The van der Waals surface area contributed by atoms with Gasteiger partial charge in [0, 0.05) is 27.4 Å². The molecule has 1 saturated carbocycles. The van der Waals surface area contributed by atoms with E-state index in [4.69, 9.17) is 11.6 Å². The van der Waals surface area contributed by atoms with Crippen LogP contribution in [0.15, 0.2) is 30.3 Å². The molecule has 0 aliphatic heterocycles. The monoisotopic (exact) mass is 277 g/mol. The molecule has 1 nitrogen and oxygen atoms in total. The van der Waals surface area contributed by atoms with Crippen LogP contribution in [0.5, 0.6) is 0 Å². The zero-order valence-electron chi connectivity index (χ0n) is 10.4. The van der Waals surface area contributed by atoms with E-state index in [1.807, 2.05) is 23.5 Å². The predicted octanol–water partition coefficient (Wildman–Crippen LogP) is 4.63. The molecule has 94 valence electrons. The van der Waals surface area contributed by atoms with E-state index in [1.54, 1.807) is 0 Å². The van der Waals surface area contributed by atoms with E-state index in [0.717, 1.165) is 17.6 Å². The third-order valence-electron chi connectivity index (χ3n) is 3.26. The molecular formula is C15H16ClNS. The van der Waals surface area contributed by atoms with Gasteiger partial charge in [0.05, 0.1) is 0 Å². The van der Waals surface area contributed by atoms with E-state index in [1.165, 1.54) is 33.7 Å². The van der Waals surface area contributed by atoms with Gasteiger partial charge >= 0.3 is 0 Å². The Labute approximate surface area is 117 Å². The smallest absolute Gasteiger partial charge is 0.0409 e. The standard InChI is InChI=1S/C15H16ClNS/c1-10-8-11(16)2-6-14(10)15-7-5-13(18-15)9-17-12-3-4-12/h2,5-8,12,17H,3-4,9H2,1H3. The van der Waals surface area contributed by atoms with Gasteiger partial charge in [0.1, 0.15) is 0 Å². The number of halogens is 1. The summed E-state index contributed by atoms with van der Waals surface area (Å²) in [6.45, 7) is 3.12. The van der Waals surface area contributed by atoms with Crippen molar-refractivity contribution in [1.29, 1.82) is 0 Å². The van der Waals surface area contributed by atoms with Crippen molar-refractivity contribution >= 4 is 22.9 Å². The van der Waals surface area contributed by atoms with Crippen LogP contribution in [-0.2, 0) is 6.54 Å². The first kappa shape index (κ1) is 12.2. The molecule has 1 aliphatic rings. The Bertz CT molecular complexity index is 557. The Kier molecular flexibility index (Phi) is 3.42. The van der Waals surface area contributed by atoms with Crippen molar-refractivity contribution in [2.24, 2.45) is 0 Å². The Morgan fingerprint density at radius 2 is 2.11 bits per heavy atom. The van der Waals surface area contributed by atoms with Gasteiger partial charge in [0.2, 0.25) is 0 Å². The SMILES string of the molecule is Cc1cc(Cl)ccc1-c1ccc(CNC2CC2)s1. The van der Waals surface area contributed by atoms with Crippen LogP contribution < -0.4 is 5.32 Å². The number of thiophene rings is 1. The molecule has 0 amide bonds. The summed E-state index contributed by atoms with van der Waals surface area (Å²) in [5, 5.41) is 4.36. The summed E-state index contributed by atoms with van der Waals surface area (Å²) >= 11 is 7.86. The highest BCUT2D eigenvalue weighted by molar-refractivity contribution is 7.15. The fraction of sp³-hybridized carbons (Fsp3) is 0.333. The molecule has 1 aliphatic carbocycles. The van der Waals surface area contributed by atoms with Crippen LogP contribution in [0.4, 0.5) is 0 Å². The lowest BCUT2D eigenvalue weighted by molar-refractivity contribution is 0.695. The van der Waals surface area contributed by atoms with E-state index >= 15 is 0 Å². The third-order valence-corrected chi connectivity index (χ3v) is 4.61. The molecular weight excluding hydrogens is 262 g/mol. The van der Waals surface area contributed by atoms with Gasteiger partial charge in [-0.1, -0.05) is 17.7 Å². The minimum atomic E-state index is 0.771. The van der Waals surface area contributed by atoms with Crippen LogP contribution in [0.3, 0.4) is 0 Å². The second kappa shape index (κ2) is 5.04. The van der Waals surface area contributed by atoms with Crippen molar-refractivity contribution < 1.29 is 0 Å². The van der Waals surface area contributed by atoms with Gasteiger partial charge in [0.25, 0.3) is 0 Å². The highest BCUT2D eigenvalue weighted by atomic mass is 35.5. The summed E-state index contributed by atoms with van der Waals surface area (Å²) in [5.41, 5.74) is 2.54. The second-order valence-corrected chi connectivity index (χ2v) is 6.49. The average Bonchev–Trinajstić information content (AvgIpc) is 3.05. The lowest BCUT2D eigenvalue weighted by atomic mass is 10.1. The fourth-order valence-corrected chi connectivity index (χ4v) is 3.33. The summed E-state index contributed by atoms with van der Waals surface area (Å²) in [6.07, 6.45) is 2.68. The molecule has 0 atom stereocenters. The summed E-state index contributed by atoms with van der Waals surface area (Å²) < 4.78 is 0. The quantitative estimate of drug-likeness (QED) is 0.859. The molecule has 3 rings (SSSR count). The fourth-order valence-electron chi connectivity index (χ4n) is 2.05. The first-order valence-electron chi connectivity index (χ1n) is 6.31. The van der Waals surface area contributed by atoms with Gasteiger partial charge in [-0.25, -0.2) is 0 Å². The van der Waals surface area contributed by atoms with Crippen LogP contribution in [0.25, 0.3) is 10.4 Å². The summed E-state index contributed by atoms with van der Waals surface area (Å²) in [6, 6.07) is 11.3. The molecule has 1 aromatic heterocycles. The number of hydrogen-bond donors (Lipinski definition) is 1. The van der Waals surface area contributed by atoms with Crippen molar-refractivity contribution in [3.05, 3.63) is 45.8 Å². The van der Waals surface area contributed by atoms with Crippen molar-refractivity contribution in [3.8, 4) is 10.4 Å². The first-order chi connectivity index (χ1) is 8.72. The zero-order chi connectivity index (χ0) is 12.5. The van der Waals surface area contributed by atoms with E-state index in [9.17, 15) is 0 Å². The maximum atomic E-state index is 5.99. The van der Waals surface area contributed by atoms with Gasteiger partial charge in [-0.15, -0.1) is 11.3 Å². The Hall–Kier alpha value is -0.830. The van der Waals surface area contributed by atoms with Gasteiger partial charge < -0.3 is 5.32 Å². The minimum absolute atomic E-state index is 0.771. The first-order valence-corrected chi connectivity index (χ1v) is 7.50. The van der Waals surface area contributed by atoms with Crippen LogP contribution in [-0.4, -0.2) is 6.04 Å². The Balaban J connectivity index is 1.78. The Morgan fingerprint density at radius 3 is 2.83 bits per heavy atom. The van der Waals surface area contributed by atoms with Gasteiger partial charge in [-0.3, -0.25) is 0 Å². The molecule has 1 heterocycles. The molecule has 3 heteroatoms. The van der Waals surface area contributed by atoms with Crippen molar-refractivity contribution in [2.75, 3.05) is 0 Å². The largest absolute Gasteiger partial charge is 0.309 e. The minimum Gasteiger partial charge on any atom is -0.309 e. The van der Waals surface area contributed by atoms with Gasteiger partial charge in [0.15, 0.2) is 0 Å². The van der Waals surface area contributed by atoms with Gasteiger partial charge in [-0.2, -0.15) is 0 Å². The highest BCUT2D eigenvalue weighted by Gasteiger charge is 2.20. The van der Waals surface area contributed by atoms with E-state index in [2.05, 4.69) is 30.4 Å². The van der Waals surface area contributed by atoms with Crippen LogP contribution in [0, 0.1) is 6.92 Å². The molecule has 2 aromatic rings. The van der Waals surface area contributed by atoms with Crippen LogP contribution in [0.2, 0.25) is 5.02 Å². The zero-order valence-corrected chi connectivity index (χ0v) is 11.9. The lowest BCUT2D eigenvalue weighted by Crippen LogP contribution is -2.14. The van der Waals surface area contributed by atoms with Gasteiger partial charge in [-0.05, 0) is 55.2 Å². The molecule has 0 spiro atoms. The molecule has 18 heavy (non-hydrogen) atoms. The number of aryl methyl sites for hydroxylation is 1. The van der Waals surface area contributed by atoms with Crippen LogP contribution >= 0.6 is 22.9 Å². The van der Waals surface area contributed by atoms with Crippen molar-refractivity contribution in [1.82, 2.24) is 5.32 Å². The highest BCUT2D eigenvalue weighted by Crippen LogP contribution is 2.32. The molecule has 1 N–H and O–H groups in total. The normalized spacial score (nSPS) is 15.0. The maximum absolute atomic E-state index is 5.99. The number of rotatable bonds is 4. The number of hydrogen-bond acceptors (Lipinski definition) is 2. The topological polar surface area (TPSA) is 12.0 Å². The van der Waals surface area contributed by atoms with E-state index in [0.29, 0.717) is 0 Å². The summed E-state index contributed by atoms with van der Waals surface area (Å²) in [4.78, 5) is 2.74. The lowest BCUT2D eigenvalue weighted by Gasteiger charge is -2.03. The van der Waals surface area contributed by atoms with E-state index in [-0.39, 0.29) is 0 Å². The molecule has 0 bridgehead atoms. The summed E-state index contributed by atoms with van der Waals surface area (Å²) in [5.74, 6) is 0.